The zero-order valence-corrected chi connectivity index (χ0v) is 12.3. The lowest BCUT2D eigenvalue weighted by Gasteiger charge is -2.35. The van der Waals surface area contributed by atoms with E-state index in [1.807, 2.05) is 6.07 Å². The molecule has 4 heteroatoms. The Hall–Kier alpha value is -1.42. The molecule has 0 aromatic heterocycles. The lowest BCUT2D eigenvalue weighted by molar-refractivity contribution is -0.116. The van der Waals surface area contributed by atoms with Gasteiger partial charge in [-0.1, -0.05) is 30.7 Å². The second kappa shape index (κ2) is 4.55. The quantitative estimate of drug-likeness (QED) is 0.841. The van der Waals surface area contributed by atoms with E-state index in [2.05, 4.69) is 0 Å². The minimum absolute atomic E-state index is 0.0658. The van der Waals surface area contributed by atoms with E-state index in [9.17, 15) is 13.2 Å². The highest BCUT2D eigenvalue weighted by Gasteiger charge is 2.54. The third-order valence-electron chi connectivity index (χ3n) is 4.70. The van der Waals surface area contributed by atoms with Crippen molar-refractivity contribution in [1.82, 2.24) is 0 Å². The Morgan fingerprint density at radius 3 is 2.60 bits per heavy atom. The maximum Gasteiger partial charge on any atom is 0.187 e. The number of Topliss-reactive ketones (excluding diaryl/α,β-unsaturated/α-hetero) is 1. The molecule has 3 nitrogen and oxygen atoms in total. The molecule has 2 aliphatic rings. The smallest absolute Gasteiger partial charge is 0.187 e. The molecule has 0 spiro atoms. The largest absolute Gasteiger partial charge is 0.295 e. The first kappa shape index (κ1) is 13.6. The number of ketones is 1. The van der Waals surface area contributed by atoms with E-state index < -0.39 is 14.6 Å². The number of carbonyl (C=O) groups is 1. The molecule has 20 heavy (non-hydrogen) atoms. The van der Waals surface area contributed by atoms with Crippen LogP contribution in [-0.4, -0.2) is 18.9 Å². The summed E-state index contributed by atoms with van der Waals surface area (Å²) in [5.41, 5.74) is 0.600. The van der Waals surface area contributed by atoms with Gasteiger partial charge in [0.15, 0.2) is 15.6 Å². The van der Waals surface area contributed by atoms with Crippen molar-refractivity contribution in [1.29, 1.82) is 0 Å². The number of hydrogen-bond donors (Lipinski definition) is 0. The van der Waals surface area contributed by atoms with Gasteiger partial charge >= 0.3 is 0 Å². The summed E-state index contributed by atoms with van der Waals surface area (Å²) >= 11 is 0. The first-order valence-corrected chi connectivity index (χ1v) is 8.48. The van der Waals surface area contributed by atoms with Gasteiger partial charge < -0.3 is 0 Å². The molecule has 2 atom stereocenters. The zero-order valence-electron chi connectivity index (χ0n) is 11.5. The Balaban J connectivity index is 2.18. The molecule has 1 aromatic carbocycles. The average molecular weight is 290 g/mol. The van der Waals surface area contributed by atoms with Crippen LogP contribution in [0.1, 0.15) is 32.6 Å². The summed E-state index contributed by atoms with van der Waals surface area (Å²) in [4.78, 5) is 12.2. The Kier molecular flexibility index (Phi) is 3.09. The number of fused-ring (bicyclic) bond motifs is 1. The molecular weight excluding hydrogens is 272 g/mol. The normalized spacial score (nSPS) is 29.9. The van der Waals surface area contributed by atoms with Gasteiger partial charge in [0.2, 0.25) is 0 Å². The number of rotatable bonds is 2. The summed E-state index contributed by atoms with van der Waals surface area (Å²) in [5.74, 6) is 0.0275. The Morgan fingerprint density at radius 1 is 1.20 bits per heavy atom. The van der Waals surface area contributed by atoms with E-state index in [0.717, 1.165) is 12.8 Å². The molecule has 0 N–H and O–H groups in total. The standard InChI is InChI=1S/C16H18O3S/c1-12-11-16(9-5-6-13(16)10-15(12)17)20(18,19)14-7-3-2-4-8-14/h2-4,7-8,11,13H,5-6,9-10H2,1H3/t13-,16-/m1/s1. The first-order chi connectivity index (χ1) is 9.47. The third kappa shape index (κ3) is 1.78. The van der Waals surface area contributed by atoms with Crippen LogP contribution in [0.4, 0.5) is 0 Å². The lowest BCUT2D eigenvalue weighted by atomic mass is 9.82. The van der Waals surface area contributed by atoms with Crippen molar-refractivity contribution in [2.24, 2.45) is 5.92 Å². The van der Waals surface area contributed by atoms with Gasteiger partial charge in [0, 0.05) is 6.42 Å². The second-order valence-electron chi connectivity index (χ2n) is 5.82. The van der Waals surface area contributed by atoms with E-state index in [0.29, 0.717) is 23.3 Å². The molecule has 0 amide bonds. The van der Waals surface area contributed by atoms with Crippen LogP contribution >= 0.6 is 0 Å². The van der Waals surface area contributed by atoms with Gasteiger partial charge in [-0.15, -0.1) is 0 Å². The second-order valence-corrected chi connectivity index (χ2v) is 8.05. The van der Waals surface area contributed by atoms with Crippen molar-refractivity contribution in [3.8, 4) is 0 Å². The highest BCUT2D eigenvalue weighted by molar-refractivity contribution is 7.93. The van der Waals surface area contributed by atoms with Gasteiger partial charge in [0.05, 0.1) is 9.64 Å². The van der Waals surface area contributed by atoms with Crippen molar-refractivity contribution < 1.29 is 13.2 Å². The molecule has 1 aromatic rings. The molecule has 0 heterocycles. The predicted octanol–water partition coefficient (Wildman–Crippen LogP) is 2.92. The van der Waals surface area contributed by atoms with Crippen molar-refractivity contribution >= 4 is 15.6 Å². The number of benzene rings is 1. The van der Waals surface area contributed by atoms with E-state index in [1.54, 1.807) is 37.3 Å². The minimum atomic E-state index is -3.45. The third-order valence-corrected chi connectivity index (χ3v) is 7.25. The van der Waals surface area contributed by atoms with Crippen LogP contribution in [0.25, 0.3) is 0 Å². The monoisotopic (exact) mass is 290 g/mol. The van der Waals surface area contributed by atoms with Gasteiger partial charge in [-0.25, -0.2) is 8.42 Å². The van der Waals surface area contributed by atoms with Gasteiger partial charge in [-0.3, -0.25) is 4.79 Å². The summed E-state index contributed by atoms with van der Waals surface area (Å²) in [6.45, 7) is 1.74. The van der Waals surface area contributed by atoms with Crippen molar-refractivity contribution in [2.75, 3.05) is 0 Å². The Morgan fingerprint density at radius 2 is 1.90 bits per heavy atom. The molecule has 0 radical (unpaired) electrons. The van der Waals surface area contributed by atoms with Crippen LogP contribution < -0.4 is 0 Å². The highest BCUT2D eigenvalue weighted by Crippen LogP contribution is 2.50. The Labute approximate surface area is 119 Å². The summed E-state index contributed by atoms with van der Waals surface area (Å²) < 4.78 is 25.3. The molecule has 1 saturated carbocycles. The predicted molar refractivity (Wildman–Crippen MR) is 77.1 cm³/mol. The Bertz CT molecular complexity index is 673. The van der Waals surface area contributed by atoms with Crippen molar-refractivity contribution in [2.45, 2.75) is 42.2 Å². The topological polar surface area (TPSA) is 51.2 Å². The van der Waals surface area contributed by atoms with E-state index in [4.69, 9.17) is 0 Å². The SMILES string of the molecule is CC1=C[C@]2(S(=O)(=O)c3ccccc3)CCC[C@@H]2CC1=O. The summed E-state index contributed by atoms with van der Waals surface area (Å²) in [7, 11) is -3.45. The maximum atomic E-state index is 13.1. The molecular formula is C16H18O3S. The molecule has 2 aliphatic carbocycles. The summed E-state index contributed by atoms with van der Waals surface area (Å²) in [6.07, 6.45) is 4.42. The van der Waals surface area contributed by atoms with Gasteiger partial charge in [-0.2, -0.15) is 0 Å². The van der Waals surface area contributed by atoms with E-state index in [1.165, 1.54) is 0 Å². The van der Waals surface area contributed by atoms with Crippen LogP contribution in [0.2, 0.25) is 0 Å². The number of allylic oxidation sites excluding steroid dienone is 1. The number of carbonyl (C=O) groups excluding carboxylic acids is 1. The first-order valence-electron chi connectivity index (χ1n) is 7.00. The highest BCUT2D eigenvalue weighted by atomic mass is 32.2. The fraction of sp³-hybridized carbons (Fsp3) is 0.438. The molecule has 106 valence electrons. The number of hydrogen-bond acceptors (Lipinski definition) is 3. The molecule has 1 fully saturated rings. The molecule has 3 rings (SSSR count). The van der Waals surface area contributed by atoms with Gasteiger partial charge in [0.1, 0.15) is 0 Å². The fourth-order valence-electron chi connectivity index (χ4n) is 3.62. The molecule has 0 aliphatic heterocycles. The van der Waals surface area contributed by atoms with Gasteiger partial charge in [-0.05, 0) is 43.4 Å². The molecule has 0 bridgehead atoms. The fourth-order valence-corrected chi connectivity index (χ4v) is 5.96. The van der Waals surface area contributed by atoms with Crippen LogP contribution in [-0.2, 0) is 14.6 Å². The summed E-state index contributed by atoms with van der Waals surface area (Å²) in [5, 5.41) is 0. The molecule has 0 saturated heterocycles. The summed E-state index contributed by atoms with van der Waals surface area (Å²) in [6, 6.07) is 8.61. The minimum Gasteiger partial charge on any atom is -0.295 e. The van der Waals surface area contributed by atoms with E-state index in [-0.39, 0.29) is 11.7 Å². The molecule has 0 unspecified atom stereocenters. The van der Waals surface area contributed by atoms with Gasteiger partial charge in [0.25, 0.3) is 0 Å². The number of sulfone groups is 1. The lowest BCUT2D eigenvalue weighted by Crippen LogP contribution is -2.44. The van der Waals surface area contributed by atoms with Crippen LogP contribution in [0, 0.1) is 5.92 Å². The van der Waals surface area contributed by atoms with Crippen molar-refractivity contribution in [3.63, 3.8) is 0 Å². The average Bonchev–Trinajstić information content (AvgIpc) is 2.85. The van der Waals surface area contributed by atoms with Crippen LogP contribution in [0.5, 0.6) is 0 Å². The van der Waals surface area contributed by atoms with Crippen molar-refractivity contribution in [3.05, 3.63) is 42.0 Å². The van der Waals surface area contributed by atoms with Crippen LogP contribution in [0.3, 0.4) is 0 Å². The zero-order chi connectivity index (χ0) is 14.4. The maximum absolute atomic E-state index is 13.1. The van der Waals surface area contributed by atoms with E-state index >= 15 is 0 Å². The van der Waals surface area contributed by atoms with Crippen LogP contribution in [0.15, 0.2) is 46.9 Å².